The highest BCUT2D eigenvalue weighted by molar-refractivity contribution is 7.13. The van der Waals surface area contributed by atoms with Gasteiger partial charge < -0.3 is 9.64 Å². The first-order valence-electron chi connectivity index (χ1n) is 10.7. The molecule has 0 amide bonds. The van der Waals surface area contributed by atoms with Crippen LogP contribution in [0.1, 0.15) is 0 Å². The van der Waals surface area contributed by atoms with Crippen molar-refractivity contribution in [3.05, 3.63) is 84.2 Å². The van der Waals surface area contributed by atoms with E-state index in [4.69, 9.17) is 14.7 Å². The number of hydrogen-bond acceptors (Lipinski definition) is 5. The van der Waals surface area contributed by atoms with Crippen LogP contribution in [0, 0.1) is 6.07 Å². The van der Waals surface area contributed by atoms with Gasteiger partial charge in [0.25, 0.3) is 0 Å². The maximum absolute atomic E-state index is 5.51. The van der Waals surface area contributed by atoms with Gasteiger partial charge in [-0.25, -0.2) is 9.97 Å². The van der Waals surface area contributed by atoms with E-state index in [2.05, 4.69) is 69.4 Å². The largest absolute Gasteiger partial charge is 0.378 e. The van der Waals surface area contributed by atoms with Gasteiger partial charge in [0.2, 0.25) is 0 Å². The molecule has 0 aliphatic carbocycles. The molecule has 2 aromatic carbocycles. The van der Waals surface area contributed by atoms with Gasteiger partial charge in [-0.2, -0.15) is 0 Å². The zero-order valence-corrected chi connectivity index (χ0v) is 18.3. The van der Waals surface area contributed by atoms with Crippen LogP contribution in [0.5, 0.6) is 0 Å². The van der Waals surface area contributed by atoms with Crippen LogP contribution in [0.4, 0.5) is 5.69 Å². The molecule has 4 heterocycles. The van der Waals surface area contributed by atoms with Crippen LogP contribution in [0.3, 0.4) is 0 Å². The lowest BCUT2D eigenvalue weighted by Crippen LogP contribution is -2.36. The number of pyridine rings is 1. The molecule has 3 aromatic heterocycles. The van der Waals surface area contributed by atoms with Gasteiger partial charge >= 0.3 is 0 Å². The topological polar surface area (TPSA) is 43.2 Å². The lowest BCUT2D eigenvalue weighted by molar-refractivity contribution is 0.122. The average molecular weight is 438 g/mol. The van der Waals surface area contributed by atoms with Gasteiger partial charge in [-0.1, -0.05) is 30.3 Å². The predicted octanol–water partition coefficient (Wildman–Crippen LogP) is 5.45. The molecule has 1 aliphatic rings. The fourth-order valence-electron chi connectivity index (χ4n) is 4.14. The van der Waals surface area contributed by atoms with Gasteiger partial charge in [0, 0.05) is 30.0 Å². The van der Waals surface area contributed by atoms with Crippen LogP contribution in [0.15, 0.2) is 78.2 Å². The molecule has 6 heteroatoms. The van der Waals surface area contributed by atoms with E-state index in [1.807, 2.05) is 24.3 Å². The molecule has 32 heavy (non-hydrogen) atoms. The maximum Gasteiger partial charge on any atom is 0.165 e. The van der Waals surface area contributed by atoms with Crippen molar-refractivity contribution in [2.75, 3.05) is 31.2 Å². The molecule has 157 valence electrons. The number of fused-ring (bicyclic) bond motifs is 1. The summed E-state index contributed by atoms with van der Waals surface area (Å²) in [4.78, 5) is 13.5. The minimum atomic E-state index is 0.771. The molecule has 1 radical (unpaired) electrons. The summed E-state index contributed by atoms with van der Waals surface area (Å²) in [6.07, 6.45) is 0. The monoisotopic (exact) mass is 437 g/mol. The van der Waals surface area contributed by atoms with Crippen LogP contribution < -0.4 is 4.90 Å². The maximum atomic E-state index is 5.51. The molecule has 0 bridgehead atoms. The first-order valence-corrected chi connectivity index (χ1v) is 11.6. The highest BCUT2D eigenvalue weighted by Gasteiger charge is 2.18. The number of ether oxygens (including phenoxy) is 1. The van der Waals surface area contributed by atoms with Crippen LogP contribution in [0.25, 0.3) is 38.8 Å². The predicted molar refractivity (Wildman–Crippen MR) is 129 cm³/mol. The number of imidazole rings is 1. The van der Waals surface area contributed by atoms with Gasteiger partial charge in [0.15, 0.2) is 11.5 Å². The Kier molecular flexibility index (Phi) is 4.94. The third kappa shape index (κ3) is 3.47. The van der Waals surface area contributed by atoms with E-state index in [1.165, 1.54) is 5.69 Å². The first kappa shape index (κ1) is 19.2. The molecular formula is C26H21N4OS. The fraction of sp³-hybridized carbons (Fsp3) is 0.154. The number of benzene rings is 2. The number of morpholine rings is 1. The van der Waals surface area contributed by atoms with E-state index in [1.54, 1.807) is 11.3 Å². The van der Waals surface area contributed by atoms with Crippen molar-refractivity contribution in [2.24, 2.45) is 0 Å². The second-order valence-corrected chi connectivity index (χ2v) is 8.64. The Hall–Kier alpha value is -3.48. The van der Waals surface area contributed by atoms with Crippen LogP contribution in [0.2, 0.25) is 0 Å². The SMILES string of the molecule is [c]1ccc(-n2c(-c3cccs3)nc3ccc(-c4cccc(N5CCOCC5)c4)nc32)cc1. The Bertz CT molecular complexity index is 1360. The van der Waals surface area contributed by atoms with Crippen LogP contribution in [-0.4, -0.2) is 40.8 Å². The fourth-order valence-corrected chi connectivity index (χ4v) is 4.85. The zero-order chi connectivity index (χ0) is 21.3. The molecular weight excluding hydrogens is 416 g/mol. The van der Waals surface area contributed by atoms with E-state index in [-0.39, 0.29) is 0 Å². The summed E-state index contributed by atoms with van der Waals surface area (Å²) in [5.74, 6) is 0.910. The molecule has 0 saturated carbocycles. The summed E-state index contributed by atoms with van der Waals surface area (Å²) >= 11 is 1.68. The van der Waals surface area contributed by atoms with Gasteiger partial charge in [-0.05, 0) is 53.9 Å². The van der Waals surface area contributed by atoms with E-state index in [0.717, 1.165) is 65.1 Å². The van der Waals surface area contributed by atoms with Crippen molar-refractivity contribution in [1.29, 1.82) is 0 Å². The summed E-state index contributed by atoms with van der Waals surface area (Å²) in [6, 6.07) is 27.9. The molecule has 5 aromatic rings. The van der Waals surface area contributed by atoms with Gasteiger partial charge in [-0.3, -0.25) is 4.57 Å². The summed E-state index contributed by atoms with van der Waals surface area (Å²) in [6.45, 7) is 3.37. The zero-order valence-electron chi connectivity index (χ0n) is 17.4. The Balaban J connectivity index is 1.49. The molecule has 6 rings (SSSR count). The van der Waals surface area contributed by atoms with E-state index < -0.39 is 0 Å². The quantitative estimate of drug-likeness (QED) is 0.375. The van der Waals surface area contributed by atoms with Crippen molar-refractivity contribution in [3.63, 3.8) is 0 Å². The van der Waals surface area contributed by atoms with E-state index in [9.17, 15) is 0 Å². The van der Waals surface area contributed by atoms with Crippen molar-refractivity contribution >= 4 is 28.2 Å². The lowest BCUT2D eigenvalue weighted by atomic mass is 10.1. The second-order valence-electron chi connectivity index (χ2n) is 7.70. The Morgan fingerprint density at radius 3 is 2.56 bits per heavy atom. The molecule has 1 aliphatic heterocycles. The molecule has 0 spiro atoms. The third-order valence-electron chi connectivity index (χ3n) is 5.72. The summed E-state index contributed by atoms with van der Waals surface area (Å²) in [7, 11) is 0. The average Bonchev–Trinajstić information content (AvgIpc) is 3.53. The lowest BCUT2D eigenvalue weighted by Gasteiger charge is -2.29. The number of thiophene rings is 1. The second kappa shape index (κ2) is 8.22. The standard InChI is InChI=1S/C26H21N4OS/c1-2-7-20(8-3-1)30-25-23(28-26(30)24-10-5-17-32-24)12-11-22(27-25)19-6-4-9-21(18-19)29-13-15-31-16-14-29/h2-12,17-18H,13-16H2. The van der Waals surface area contributed by atoms with Crippen molar-refractivity contribution < 1.29 is 4.74 Å². The van der Waals surface area contributed by atoms with Crippen LogP contribution in [-0.2, 0) is 4.74 Å². The molecule has 0 N–H and O–H groups in total. The van der Waals surface area contributed by atoms with Gasteiger partial charge in [0.05, 0.1) is 23.8 Å². The molecule has 0 unspecified atom stereocenters. The summed E-state index contributed by atoms with van der Waals surface area (Å²) in [5.41, 5.74) is 6.01. The highest BCUT2D eigenvalue weighted by atomic mass is 32.1. The minimum Gasteiger partial charge on any atom is -0.378 e. The number of rotatable bonds is 4. The van der Waals surface area contributed by atoms with E-state index >= 15 is 0 Å². The van der Waals surface area contributed by atoms with Crippen LogP contribution >= 0.6 is 11.3 Å². The van der Waals surface area contributed by atoms with Crippen molar-refractivity contribution in [3.8, 4) is 27.6 Å². The van der Waals surface area contributed by atoms with Crippen molar-refractivity contribution in [2.45, 2.75) is 0 Å². The molecule has 1 fully saturated rings. The minimum absolute atomic E-state index is 0.771. The molecule has 5 nitrogen and oxygen atoms in total. The summed E-state index contributed by atoms with van der Waals surface area (Å²) in [5, 5.41) is 2.08. The van der Waals surface area contributed by atoms with Crippen molar-refractivity contribution in [1.82, 2.24) is 14.5 Å². The Morgan fingerprint density at radius 1 is 0.875 bits per heavy atom. The van der Waals surface area contributed by atoms with Gasteiger partial charge in [-0.15, -0.1) is 11.3 Å². The summed E-state index contributed by atoms with van der Waals surface area (Å²) < 4.78 is 7.65. The third-order valence-corrected chi connectivity index (χ3v) is 6.59. The van der Waals surface area contributed by atoms with E-state index in [0.29, 0.717) is 0 Å². The number of aromatic nitrogens is 3. The number of nitrogens with zero attached hydrogens (tertiary/aromatic N) is 4. The Morgan fingerprint density at radius 2 is 1.75 bits per heavy atom. The molecule has 1 saturated heterocycles. The Labute approximate surface area is 190 Å². The number of hydrogen-bond donors (Lipinski definition) is 0. The number of anilines is 1. The first-order chi connectivity index (χ1) is 15.9. The van der Waals surface area contributed by atoms with Gasteiger partial charge in [0.1, 0.15) is 5.52 Å². The highest BCUT2D eigenvalue weighted by Crippen LogP contribution is 2.32. The normalized spacial score (nSPS) is 14.2. The smallest absolute Gasteiger partial charge is 0.165 e. The molecule has 0 atom stereocenters.